The Morgan fingerprint density at radius 3 is 2.95 bits per heavy atom. The van der Waals surface area contributed by atoms with Gasteiger partial charge in [0.2, 0.25) is 5.89 Å². The molecule has 5 nitrogen and oxygen atoms in total. The van der Waals surface area contributed by atoms with E-state index in [2.05, 4.69) is 4.98 Å². The number of nitrogens with zero attached hydrogens (tertiary/aromatic N) is 2. The van der Waals surface area contributed by atoms with Gasteiger partial charge in [-0.2, -0.15) is 0 Å². The molecule has 2 aromatic rings. The predicted molar refractivity (Wildman–Crippen MR) is 80.2 cm³/mol. The van der Waals surface area contributed by atoms with Crippen molar-refractivity contribution in [3.8, 4) is 11.5 Å². The highest BCUT2D eigenvalue weighted by Gasteiger charge is 2.11. The maximum atomic E-state index is 10.6. The predicted octanol–water partition coefficient (Wildman–Crippen LogP) is 3.29. The maximum absolute atomic E-state index is 10.6. The molecule has 1 heterocycles. The lowest BCUT2D eigenvalue weighted by Crippen LogP contribution is -2.25. The second kappa shape index (κ2) is 7.24. The third kappa shape index (κ3) is 4.58. The van der Waals surface area contributed by atoms with E-state index in [1.54, 1.807) is 18.4 Å². The van der Waals surface area contributed by atoms with Gasteiger partial charge in [0.1, 0.15) is 6.26 Å². The zero-order valence-electron chi connectivity index (χ0n) is 11.8. The number of hydrogen-bond donors (Lipinski definition) is 1. The Morgan fingerprint density at radius 2 is 2.29 bits per heavy atom. The van der Waals surface area contributed by atoms with Crippen LogP contribution in [0.5, 0.6) is 0 Å². The first-order valence-electron chi connectivity index (χ1n) is 6.73. The Hall–Kier alpha value is -1.85. The Labute approximate surface area is 128 Å². The summed E-state index contributed by atoms with van der Waals surface area (Å²) in [5.41, 5.74) is 1.60. The molecular weight excluding hydrogens is 292 g/mol. The van der Waals surface area contributed by atoms with Crippen LogP contribution in [0.1, 0.15) is 19.0 Å². The van der Waals surface area contributed by atoms with Crippen LogP contribution in [0.2, 0.25) is 5.02 Å². The highest BCUT2D eigenvalue weighted by Crippen LogP contribution is 2.22. The summed E-state index contributed by atoms with van der Waals surface area (Å²) in [6, 6.07) is 7.30. The topological polar surface area (TPSA) is 66.6 Å². The quantitative estimate of drug-likeness (QED) is 0.850. The lowest BCUT2D eigenvalue weighted by atomic mass is 10.2. The van der Waals surface area contributed by atoms with Crippen molar-refractivity contribution >= 4 is 17.6 Å². The molecule has 0 spiro atoms. The fourth-order valence-electron chi connectivity index (χ4n) is 1.97. The highest BCUT2D eigenvalue weighted by molar-refractivity contribution is 6.30. The summed E-state index contributed by atoms with van der Waals surface area (Å²) in [7, 11) is 0. The van der Waals surface area contributed by atoms with Crippen LogP contribution in [-0.4, -0.2) is 34.0 Å². The monoisotopic (exact) mass is 308 g/mol. The average molecular weight is 309 g/mol. The van der Waals surface area contributed by atoms with E-state index >= 15 is 0 Å². The number of carbonyl (C=O) groups is 1. The number of hydrogen-bond acceptors (Lipinski definition) is 4. The molecule has 1 N–H and O–H groups in total. The second-order valence-corrected chi connectivity index (χ2v) is 5.10. The summed E-state index contributed by atoms with van der Waals surface area (Å²) in [4.78, 5) is 17.0. The van der Waals surface area contributed by atoms with Crippen LogP contribution in [0.3, 0.4) is 0 Å². The molecule has 0 saturated heterocycles. The van der Waals surface area contributed by atoms with Gasteiger partial charge in [-0.3, -0.25) is 9.69 Å². The average Bonchev–Trinajstić information content (AvgIpc) is 2.92. The molecule has 0 aliphatic heterocycles. The van der Waals surface area contributed by atoms with E-state index in [9.17, 15) is 4.79 Å². The van der Waals surface area contributed by atoms with Crippen molar-refractivity contribution in [1.29, 1.82) is 0 Å². The van der Waals surface area contributed by atoms with Crippen molar-refractivity contribution in [2.45, 2.75) is 19.9 Å². The smallest absolute Gasteiger partial charge is 0.304 e. The molecular formula is C15H17ClN2O3. The van der Waals surface area contributed by atoms with Crippen molar-refractivity contribution < 1.29 is 14.3 Å². The molecule has 21 heavy (non-hydrogen) atoms. The van der Waals surface area contributed by atoms with Gasteiger partial charge in [0.15, 0.2) is 0 Å². The molecule has 0 bridgehead atoms. The molecule has 0 amide bonds. The number of rotatable bonds is 7. The normalized spacial score (nSPS) is 11.0. The number of carboxylic acids is 1. The molecule has 1 aromatic heterocycles. The number of halogens is 1. The van der Waals surface area contributed by atoms with Gasteiger partial charge in [0.25, 0.3) is 0 Å². The first kappa shape index (κ1) is 15.5. The Kier molecular flexibility index (Phi) is 5.36. The Balaban J connectivity index is 2.03. The van der Waals surface area contributed by atoms with E-state index in [0.29, 0.717) is 24.0 Å². The Bertz CT molecular complexity index is 612. The van der Waals surface area contributed by atoms with E-state index in [0.717, 1.165) is 17.8 Å². The molecule has 0 saturated carbocycles. The van der Waals surface area contributed by atoms with Gasteiger partial charge in [0, 0.05) is 23.7 Å². The summed E-state index contributed by atoms with van der Waals surface area (Å²) in [6.07, 6.45) is 1.71. The minimum absolute atomic E-state index is 0.118. The minimum Gasteiger partial charge on any atom is -0.481 e. The fraction of sp³-hybridized carbons (Fsp3) is 0.333. The summed E-state index contributed by atoms with van der Waals surface area (Å²) in [5.74, 6) is -0.282. The SMILES string of the molecule is CCN(CCC(=O)O)Cc1coc(-c2cccc(Cl)c2)n1. The van der Waals surface area contributed by atoms with E-state index in [1.165, 1.54) is 0 Å². The molecule has 0 atom stereocenters. The third-order valence-corrected chi connectivity index (χ3v) is 3.33. The summed E-state index contributed by atoms with van der Waals surface area (Å²) < 4.78 is 5.46. The van der Waals surface area contributed by atoms with Crippen molar-refractivity contribution in [2.75, 3.05) is 13.1 Å². The molecule has 0 aliphatic carbocycles. The standard InChI is InChI=1S/C15H17ClN2O3/c1-2-18(7-6-14(19)20)9-13-10-21-15(17-13)11-4-3-5-12(16)8-11/h3-5,8,10H,2,6-7,9H2,1H3,(H,19,20). The van der Waals surface area contributed by atoms with Crippen LogP contribution in [0.4, 0.5) is 0 Å². The second-order valence-electron chi connectivity index (χ2n) is 4.67. The van der Waals surface area contributed by atoms with Gasteiger partial charge in [0.05, 0.1) is 12.1 Å². The summed E-state index contributed by atoms with van der Waals surface area (Å²) in [5, 5.41) is 9.36. The first-order valence-corrected chi connectivity index (χ1v) is 7.10. The molecule has 2 rings (SSSR count). The zero-order chi connectivity index (χ0) is 15.2. The Morgan fingerprint density at radius 1 is 1.48 bits per heavy atom. The first-order chi connectivity index (χ1) is 10.1. The van der Waals surface area contributed by atoms with Crippen molar-refractivity contribution in [1.82, 2.24) is 9.88 Å². The number of carboxylic acid groups (broad SMARTS) is 1. The molecule has 1 aromatic carbocycles. The largest absolute Gasteiger partial charge is 0.481 e. The minimum atomic E-state index is -0.798. The lowest BCUT2D eigenvalue weighted by molar-refractivity contribution is -0.137. The molecule has 0 fully saturated rings. The van der Waals surface area contributed by atoms with Gasteiger partial charge >= 0.3 is 5.97 Å². The fourth-order valence-corrected chi connectivity index (χ4v) is 2.16. The van der Waals surface area contributed by atoms with Gasteiger partial charge in [-0.25, -0.2) is 4.98 Å². The van der Waals surface area contributed by atoms with Gasteiger partial charge in [-0.15, -0.1) is 0 Å². The zero-order valence-corrected chi connectivity index (χ0v) is 12.5. The van der Waals surface area contributed by atoms with Crippen LogP contribution in [-0.2, 0) is 11.3 Å². The summed E-state index contributed by atoms with van der Waals surface area (Å²) >= 11 is 5.95. The van der Waals surface area contributed by atoms with Crippen LogP contribution in [0.15, 0.2) is 34.9 Å². The summed E-state index contributed by atoms with van der Waals surface area (Å²) in [6.45, 7) is 3.80. The van der Waals surface area contributed by atoms with Crippen LogP contribution in [0.25, 0.3) is 11.5 Å². The van der Waals surface area contributed by atoms with Gasteiger partial charge in [-0.05, 0) is 24.7 Å². The van der Waals surface area contributed by atoms with E-state index in [-0.39, 0.29) is 6.42 Å². The molecule has 0 radical (unpaired) electrons. The van der Waals surface area contributed by atoms with Gasteiger partial charge < -0.3 is 9.52 Å². The molecule has 0 unspecified atom stereocenters. The van der Waals surface area contributed by atoms with Crippen LogP contribution in [0, 0.1) is 0 Å². The lowest BCUT2D eigenvalue weighted by Gasteiger charge is -2.17. The van der Waals surface area contributed by atoms with Crippen molar-refractivity contribution in [3.05, 3.63) is 41.2 Å². The van der Waals surface area contributed by atoms with Crippen LogP contribution < -0.4 is 0 Å². The number of benzene rings is 1. The number of aliphatic carboxylic acids is 1. The van der Waals surface area contributed by atoms with E-state index in [1.807, 2.05) is 24.0 Å². The van der Waals surface area contributed by atoms with Gasteiger partial charge in [-0.1, -0.05) is 24.6 Å². The third-order valence-electron chi connectivity index (χ3n) is 3.10. The van der Waals surface area contributed by atoms with Crippen molar-refractivity contribution in [3.63, 3.8) is 0 Å². The van der Waals surface area contributed by atoms with Crippen LogP contribution >= 0.6 is 11.6 Å². The number of aromatic nitrogens is 1. The van der Waals surface area contributed by atoms with E-state index in [4.69, 9.17) is 21.1 Å². The van der Waals surface area contributed by atoms with Crippen molar-refractivity contribution in [2.24, 2.45) is 0 Å². The molecule has 0 aliphatic rings. The highest BCUT2D eigenvalue weighted by atomic mass is 35.5. The maximum Gasteiger partial charge on any atom is 0.304 e. The number of oxazole rings is 1. The molecule has 6 heteroatoms. The van der Waals surface area contributed by atoms with E-state index < -0.39 is 5.97 Å². The molecule has 112 valence electrons.